The Morgan fingerprint density at radius 1 is 1.00 bits per heavy atom. The first-order valence-electron chi connectivity index (χ1n) is 12.6. The Morgan fingerprint density at radius 2 is 1.82 bits per heavy atom. The van der Waals surface area contributed by atoms with Crippen molar-refractivity contribution in [2.45, 2.75) is 35.7 Å². The molecule has 1 amide bonds. The lowest BCUT2D eigenvalue weighted by atomic mass is 9.85. The number of fused-ring (bicyclic) bond motifs is 1. The number of ether oxygens (including phenoxy) is 1. The molecule has 2 N–H and O–H groups in total. The molecule has 0 unspecified atom stereocenters. The average molecular weight is 536 g/mol. The van der Waals surface area contributed by atoms with E-state index in [2.05, 4.69) is 29.5 Å². The molecule has 39 heavy (non-hydrogen) atoms. The fourth-order valence-corrected chi connectivity index (χ4v) is 5.46. The lowest BCUT2D eigenvalue weighted by Crippen LogP contribution is -2.43. The molecule has 3 aromatic carbocycles. The summed E-state index contributed by atoms with van der Waals surface area (Å²) in [6.45, 7) is 4.22. The number of pyridine rings is 1. The molecule has 1 aromatic heterocycles. The van der Waals surface area contributed by atoms with E-state index in [4.69, 9.17) is 4.74 Å². The van der Waals surface area contributed by atoms with Crippen LogP contribution in [0.3, 0.4) is 0 Å². The first-order chi connectivity index (χ1) is 18.8. The molecule has 0 radical (unpaired) electrons. The Morgan fingerprint density at radius 3 is 2.62 bits per heavy atom. The maximum Gasteiger partial charge on any atom is 0.258 e. The van der Waals surface area contributed by atoms with Crippen LogP contribution in [0.2, 0.25) is 0 Å². The Balaban J connectivity index is 1.38. The molecule has 0 aliphatic carbocycles. The van der Waals surface area contributed by atoms with Crippen molar-refractivity contribution < 1.29 is 14.3 Å². The van der Waals surface area contributed by atoms with E-state index in [1.807, 2.05) is 48.5 Å². The molecular weight excluding hydrogens is 506 g/mol. The number of benzene rings is 3. The van der Waals surface area contributed by atoms with Crippen molar-refractivity contribution in [3.8, 4) is 5.75 Å². The molecule has 196 valence electrons. The number of nitrogens with one attached hydrogen (secondary N) is 2. The van der Waals surface area contributed by atoms with Crippen molar-refractivity contribution in [1.29, 1.82) is 0 Å². The molecule has 1 aliphatic heterocycles. The van der Waals surface area contributed by atoms with Crippen LogP contribution < -0.4 is 15.4 Å². The SMILES string of the molecule is COc1ccc2c(c1)/C(=C/C(=O)c1cccc(NC(=O)c3cccnc3Sc3ccccc3)c1)NC(C)(C)C2. The average Bonchev–Trinajstić information content (AvgIpc) is 2.93. The number of rotatable bonds is 7. The summed E-state index contributed by atoms with van der Waals surface area (Å²) in [7, 11) is 1.63. The molecule has 6 nitrogen and oxygen atoms in total. The van der Waals surface area contributed by atoms with E-state index in [-0.39, 0.29) is 17.2 Å². The lowest BCUT2D eigenvalue weighted by molar-refractivity contribution is 0.101. The number of amides is 1. The molecule has 0 saturated carbocycles. The van der Waals surface area contributed by atoms with Gasteiger partial charge in [0.2, 0.25) is 0 Å². The molecule has 0 bridgehead atoms. The number of aromatic nitrogens is 1. The first-order valence-corrected chi connectivity index (χ1v) is 13.4. The number of allylic oxidation sites excluding steroid dienone is 1. The van der Waals surface area contributed by atoms with E-state index in [0.29, 0.717) is 21.8 Å². The van der Waals surface area contributed by atoms with Gasteiger partial charge in [-0.3, -0.25) is 9.59 Å². The third kappa shape index (κ3) is 6.21. The molecule has 0 saturated heterocycles. The van der Waals surface area contributed by atoms with Gasteiger partial charge in [-0.15, -0.1) is 0 Å². The van der Waals surface area contributed by atoms with Crippen LogP contribution in [0.25, 0.3) is 5.70 Å². The van der Waals surface area contributed by atoms with E-state index in [1.54, 1.807) is 55.8 Å². The third-order valence-electron chi connectivity index (χ3n) is 6.37. The van der Waals surface area contributed by atoms with Gasteiger partial charge in [-0.1, -0.05) is 48.2 Å². The van der Waals surface area contributed by atoms with Gasteiger partial charge in [-0.05, 0) is 74.4 Å². The minimum Gasteiger partial charge on any atom is -0.497 e. The van der Waals surface area contributed by atoms with E-state index >= 15 is 0 Å². The summed E-state index contributed by atoms with van der Waals surface area (Å²) in [5.74, 6) is 0.279. The van der Waals surface area contributed by atoms with Gasteiger partial charge in [-0.2, -0.15) is 0 Å². The van der Waals surface area contributed by atoms with Gasteiger partial charge < -0.3 is 15.4 Å². The minimum atomic E-state index is -0.291. The van der Waals surface area contributed by atoms with Crippen molar-refractivity contribution in [2.75, 3.05) is 12.4 Å². The Bertz CT molecular complexity index is 1560. The van der Waals surface area contributed by atoms with Gasteiger partial charge in [0, 0.05) is 45.2 Å². The Labute approximate surface area is 232 Å². The summed E-state index contributed by atoms with van der Waals surface area (Å²) in [6.07, 6.45) is 4.12. The molecular formula is C32H29N3O3S. The Kier molecular flexibility index (Phi) is 7.52. The van der Waals surface area contributed by atoms with Crippen molar-refractivity contribution in [3.05, 3.63) is 119 Å². The second kappa shape index (κ2) is 11.2. The summed E-state index contributed by atoms with van der Waals surface area (Å²) in [4.78, 5) is 32.0. The van der Waals surface area contributed by atoms with Crippen molar-refractivity contribution in [2.24, 2.45) is 0 Å². The number of hydrogen-bond acceptors (Lipinski definition) is 6. The maximum absolute atomic E-state index is 13.4. The predicted molar refractivity (Wildman–Crippen MR) is 155 cm³/mol. The van der Waals surface area contributed by atoms with Crippen LogP contribution in [0.4, 0.5) is 5.69 Å². The summed E-state index contributed by atoms with van der Waals surface area (Å²) in [6, 6.07) is 26.2. The molecule has 0 fully saturated rings. The fraction of sp³-hybridized carbons (Fsp3) is 0.156. The predicted octanol–water partition coefficient (Wildman–Crippen LogP) is 6.64. The number of nitrogens with zero attached hydrogens (tertiary/aromatic N) is 1. The van der Waals surface area contributed by atoms with Crippen molar-refractivity contribution in [3.63, 3.8) is 0 Å². The second-order valence-corrected chi connectivity index (χ2v) is 11.0. The van der Waals surface area contributed by atoms with Gasteiger partial charge in [0.15, 0.2) is 5.78 Å². The van der Waals surface area contributed by atoms with Gasteiger partial charge in [0.25, 0.3) is 5.91 Å². The quantitative estimate of drug-likeness (QED) is 0.204. The molecule has 4 aromatic rings. The van der Waals surface area contributed by atoms with E-state index in [0.717, 1.165) is 33.9 Å². The van der Waals surface area contributed by atoms with Crippen LogP contribution in [-0.2, 0) is 6.42 Å². The zero-order valence-corrected chi connectivity index (χ0v) is 22.8. The summed E-state index contributed by atoms with van der Waals surface area (Å²) in [5, 5.41) is 7.04. The molecule has 0 atom stereocenters. The lowest BCUT2D eigenvalue weighted by Gasteiger charge is -2.35. The summed E-state index contributed by atoms with van der Waals surface area (Å²) < 4.78 is 5.41. The smallest absolute Gasteiger partial charge is 0.258 e. The number of methoxy groups -OCH3 is 1. The number of carbonyl (C=O) groups is 2. The summed E-state index contributed by atoms with van der Waals surface area (Å²) >= 11 is 1.43. The topological polar surface area (TPSA) is 80.3 Å². The maximum atomic E-state index is 13.4. The highest BCUT2D eigenvalue weighted by molar-refractivity contribution is 7.99. The van der Waals surface area contributed by atoms with Gasteiger partial charge in [-0.25, -0.2) is 4.98 Å². The molecule has 2 heterocycles. The standard InChI is InChI=1S/C32H29N3O3S/c1-32(2)20-22-14-15-24(38-3)18-27(22)28(35-32)19-29(36)21-9-7-10-23(17-21)34-30(37)26-13-8-16-33-31(26)39-25-11-5-4-6-12-25/h4-19,35H,20H2,1-3H3,(H,34,37)/b28-19-. The molecule has 5 rings (SSSR count). The van der Waals surface area contributed by atoms with E-state index in [1.165, 1.54) is 11.8 Å². The molecule has 7 heteroatoms. The van der Waals surface area contributed by atoms with Gasteiger partial charge >= 0.3 is 0 Å². The van der Waals surface area contributed by atoms with Crippen LogP contribution in [0.1, 0.15) is 45.7 Å². The fourth-order valence-electron chi connectivity index (χ4n) is 4.56. The molecule has 0 spiro atoms. The summed E-state index contributed by atoms with van der Waals surface area (Å²) in [5.41, 5.74) is 4.11. The zero-order valence-electron chi connectivity index (χ0n) is 22.0. The Hall–Kier alpha value is -4.36. The van der Waals surface area contributed by atoms with Gasteiger partial charge in [0.1, 0.15) is 10.8 Å². The normalized spacial score (nSPS) is 14.7. The van der Waals surface area contributed by atoms with Crippen LogP contribution in [-0.4, -0.2) is 29.3 Å². The largest absolute Gasteiger partial charge is 0.497 e. The van der Waals surface area contributed by atoms with Crippen LogP contribution in [0.5, 0.6) is 5.75 Å². The first kappa shape index (κ1) is 26.3. The second-order valence-electron chi connectivity index (χ2n) is 9.94. The van der Waals surface area contributed by atoms with Crippen LogP contribution in [0, 0.1) is 0 Å². The number of carbonyl (C=O) groups excluding carboxylic acids is 2. The number of hydrogen-bond donors (Lipinski definition) is 2. The highest BCUT2D eigenvalue weighted by Gasteiger charge is 2.28. The zero-order chi connectivity index (χ0) is 27.4. The van der Waals surface area contributed by atoms with Crippen molar-refractivity contribution in [1.82, 2.24) is 10.3 Å². The van der Waals surface area contributed by atoms with Crippen molar-refractivity contribution >= 4 is 34.8 Å². The minimum absolute atomic E-state index is 0.165. The molecule has 1 aliphatic rings. The number of ketones is 1. The third-order valence-corrected chi connectivity index (χ3v) is 7.39. The number of anilines is 1. The monoisotopic (exact) mass is 535 g/mol. The van der Waals surface area contributed by atoms with E-state index in [9.17, 15) is 9.59 Å². The highest BCUT2D eigenvalue weighted by atomic mass is 32.2. The van der Waals surface area contributed by atoms with Crippen LogP contribution in [0.15, 0.2) is 107 Å². The van der Waals surface area contributed by atoms with Crippen LogP contribution >= 0.6 is 11.8 Å². The van der Waals surface area contributed by atoms with E-state index < -0.39 is 0 Å². The highest BCUT2D eigenvalue weighted by Crippen LogP contribution is 2.33. The van der Waals surface area contributed by atoms with Gasteiger partial charge in [0.05, 0.1) is 12.7 Å².